The number of rotatable bonds is 2. The SMILES string of the molecule is Cc1cc(C)cc(N(C)c2c(C)cc(C)cc2C)c1. The molecular formula is C18H23N. The highest BCUT2D eigenvalue weighted by Crippen LogP contribution is 2.31. The van der Waals surface area contributed by atoms with E-state index in [0.717, 1.165) is 0 Å². The zero-order valence-electron chi connectivity index (χ0n) is 12.8. The molecule has 0 unspecified atom stereocenters. The molecule has 0 aromatic heterocycles. The Morgan fingerprint density at radius 2 is 1.05 bits per heavy atom. The lowest BCUT2D eigenvalue weighted by Crippen LogP contribution is -2.13. The Labute approximate surface area is 116 Å². The van der Waals surface area contributed by atoms with E-state index in [2.05, 4.69) is 76.9 Å². The molecule has 0 fully saturated rings. The summed E-state index contributed by atoms with van der Waals surface area (Å²) in [6, 6.07) is 11.2. The van der Waals surface area contributed by atoms with Gasteiger partial charge in [0.15, 0.2) is 0 Å². The number of anilines is 2. The predicted molar refractivity (Wildman–Crippen MR) is 84.6 cm³/mol. The fourth-order valence-corrected chi connectivity index (χ4v) is 2.97. The summed E-state index contributed by atoms with van der Waals surface area (Å²) in [6.07, 6.45) is 0. The lowest BCUT2D eigenvalue weighted by molar-refractivity contribution is 1.14. The second-order valence-corrected chi connectivity index (χ2v) is 5.65. The minimum atomic E-state index is 1.26. The third-order valence-corrected chi connectivity index (χ3v) is 3.56. The van der Waals surface area contributed by atoms with Crippen LogP contribution in [0.2, 0.25) is 0 Å². The number of aryl methyl sites for hydroxylation is 5. The quantitative estimate of drug-likeness (QED) is 0.728. The largest absolute Gasteiger partial charge is 0.344 e. The van der Waals surface area contributed by atoms with E-state index in [9.17, 15) is 0 Å². The summed E-state index contributed by atoms with van der Waals surface area (Å²) < 4.78 is 0. The van der Waals surface area contributed by atoms with Crippen molar-refractivity contribution in [1.82, 2.24) is 0 Å². The highest BCUT2D eigenvalue weighted by atomic mass is 15.1. The molecule has 100 valence electrons. The van der Waals surface area contributed by atoms with E-state index in [1.54, 1.807) is 0 Å². The topological polar surface area (TPSA) is 3.24 Å². The molecule has 0 aliphatic heterocycles. The average molecular weight is 253 g/mol. The molecule has 2 aromatic carbocycles. The fraction of sp³-hybridized carbons (Fsp3) is 0.333. The fourth-order valence-electron chi connectivity index (χ4n) is 2.97. The third kappa shape index (κ3) is 2.81. The Kier molecular flexibility index (Phi) is 3.66. The molecule has 0 spiro atoms. The molecule has 0 aliphatic carbocycles. The van der Waals surface area contributed by atoms with Gasteiger partial charge in [-0.1, -0.05) is 23.8 Å². The Balaban J connectivity index is 2.52. The molecule has 0 radical (unpaired) electrons. The first-order valence-corrected chi connectivity index (χ1v) is 6.78. The van der Waals surface area contributed by atoms with Gasteiger partial charge >= 0.3 is 0 Å². The zero-order chi connectivity index (χ0) is 14.2. The van der Waals surface area contributed by atoms with Crippen LogP contribution in [0.25, 0.3) is 0 Å². The van der Waals surface area contributed by atoms with Crippen LogP contribution in [0.15, 0.2) is 30.3 Å². The summed E-state index contributed by atoms with van der Waals surface area (Å²) in [7, 11) is 2.15. The van der Waals surface area contributed by atoms with E-state index in [4.69, 9.17) is 0 Å². The van der Waals surface area contributed by atoms with Crippen LogP contribution in [0.1, 0.15) is 27.8 Å². The second-order valence-electron chi connectivity index (χ2n) is 5.65. The van der Waals surface area contributed by atoms with Crippen molar-refractivity contribution in [2.24, 2.45) is 0 Å². The van der Waals surface area contributed by atoms with Crippen molar-refractivity contribution in [2.45, 2.75) is 34.6 Å². The smallest absolute Gasteiger partial charge is 0.0467 e. The van der Waals surface area contributed by atoms with Crippen molar-refractivity contribution in [3.63, 3.8) is 0 Å². The normalized spacial score (nSPS) is 10.6. The molecule has 1 nitrogen and oxygen atoms in total. The van der Waals surface area contributed by atoms with Gasteiger partial charge in [-0.15, -0.1) is 0 Å². The van der Waals surface area contributed by atoms with Gasteiger partial charge in [-0.2, -0.15) is 0 Å². The maximum Gasteiger partial charge on any atom is 0.0467 e. The van der Waals surface area contributed by atoms with Gasteiger partial charge in [-0.3, -0.25) is 0 Å². The molecule has 0 N–H and O–H groups in total. The molecule has 0 aliphatic rings. The van der Waals surface area contributed by atoms with Crippen LogP contribution >= 0.6 is 0 Å². The highest BCUT2D eigenvalue weighted by Gasteiger charge is 2.11. The van der Waals surface area contributed by atoms with Crippen LogP contribution < -0.4 is 4.90 Å². The average Bonchev–Trinajstić information content (AvgIpc) is 2.25. The van der Waals surface area contributed by atoms with Gasteiger partial charge in [0, 0.05) is 18.4 Å². The Morgan fingerprint density at radius 1 is 0.632 bits per heavy atom. The summed E-state index contributed by atoms with van der Waals surface area (Å²) in [5.74, 6) is 0. The van der Waals surface area contributed by atoms with Gasteiger partial charge in [0.25, 0.3) is 0 Å². The van der Waals surface area contributed by atoms with Crippen molar-refractivity contribution < 1.29 is 0 Å². The van der Waals surface area contributed by atoms with Crippen molar-refractivity contribution in [3.05, 3.63) is 58.1 Å². The highest BCUT2D eigenvalue weighted by molar-refractivity contribution is 5.70. The molecule has 0 saturated carbocycles. The molecule has 1 heteroatoms. The second kappa shape index (κ2) is 5.08. The van der Waals surface area contributed by atoms with Gasteiger partial charge in [-0.25, -0.2) is 0 Å². The van der Waals surface area contributed by atoms with Gasteiger partial charge < -0.3 is 4.90 Å². The lowest BCUT2D eigenvalue weighted by atomic mass is 10.0. The number of hydrogen-bond acceptors (Lipinski definition) is 1. The Morgan fingerprint density at radius 3 is 1.53 bits per heavy atom. The van der Waals surface area contributed by atoms with Crippen LogP contribution in [-0.2, 0) is 0 Å². The molecule has 0 atom stereocenters. The molecule has 0 heterocycles. The lowest BCUT2D eigenvalue weighted by Gasteiger charge is -2.25. The van der Waals surface area contributed by atoms with Crippen molar-refractivity contribution in [3.8, 4) is 0 Å². The summed E-state index contributed by atoms with van der Waals surface area (Å²) in [5.41, 5.74) is 9.18. The maximum atomic E-state index is 2.30. The maximum absolute atomic E-state index is 2.30. The van der Waals surface area contributed by atoms with Crippen molar-refractivity contribution in [1.29, 1.82) is 0 Å². The Bertz CT molecular complexity index is 568. The molecular weight excluding hydrogens is 230 g/mol. The van der Waals surface area contributed by atoms with E-state index in [0.29, 0.717) is 0 Å². The zero-order valence-corrected chi connectivity index (χ0v) is 12.8. The van der Waals surface area contributed by atoms with Crippen LogP contribution in [0.4, 0.5) is 11.4 Å². The molecule has 0 saturated heterocycles. The van der Waals surface area contributed by atoms with Gasteiger partial charge in [-0.05, 0) is 69.0 Å². The molecule has 2 aromatic rings. The van der Waals surface area contributed by atoms with Gasteiger partial charge in [0.1, 0.15) is 0 Å². The minimum absolute atomic E-state index is 1.26. The third-order valence-electron chi connectivity index (χ3n) is 3.56. The minimum Gasteiger partial charge on any atom is -0.344 e. The van der Waals surface area contributed by atoms with E-state index in [-0.39, 0.29) is 0 Å². The number of nitrogens with zero attached hydrogens (tertiary/aromatic N) is 1. The van der Waals surface area contributed by atoms with Crippen molar-refractivity contribution >= 4 is 11.4 Å². The first kappa shape index (κ1) is 13.7. The van der Waals surface area contributed by atoms with Crippen LogP contribution in [0.3, 0.4) is 0 Å². The summed E-state index contributed by atoms with van der Waals surface area (Å²) in [6.45, 7) is 10.8. The molecule has 0 amide bonds. The van der Waals surface area contributed by atoms with E-state index in [1.165, 1.54) is 39.2 Å². The van der Waals surface area contributed by atoms with Gasteiger partial charge in [0.2, 0.25) is 0 Å². The first-order chi connectivity index (χ1) is 8.88. The van der Waals surface area contributed by atoms with E-state index in [1.807, 2.05) is 0 Å². The van der Waals surface area contributed by atoms with Crippen molar-refractivity contribution in [2.75, 3.05) is 11.9 Å². The molecule has 2 rings (SSSR count). The van der Waals surface area contributed by atoms with Crippen LogP contribution in [0, 0.1) is 34.6 Å². The number of benzene rings is 2. The summed E-state index contributed by atoms with van der Waals surface area (Å²) in [5, 5.41) is 0. The monoisotopic (exact) mass is 253 g/mol. The predicted octanol–water partition coefficient (Wildman–Crippen LogP) is 5.00. The number of hydrogen-bond donors (Lipinski definition) is 0. The molecule has 19 heavy (non-hydrogen) atoms. The van der Waals surface area contributed by atoms with E-state index >= 15 is 0 Å². The van der Waals surface area contributed by atoms with Gasteiger partial charge in [0.05, 0.1) is 0 Å². The molecule has 0 bridgehead atoms. The summed E-state index contributed by atoms with van der Waals surface area (Å²) >= 11 is 0. The summed E-state index contributed by atoms with van der Waals surface area (Å²) in [4.78, 5) is 2.30. The van der Waals surface area contributed by atoms with Crippen LogP contribution in [0.5, 0.6) is 0 Å². The Hall–Kier alpha value is -1.76. The van der Waals surface area contributed by atoms with E-state index < -0.39 is 0 Å². The van der Waals surface area contributed by atoms with Crippen LogP contribution in [-0.4, -0.2) is 7.05 Å². The standard InChI is InChI=1S/C18H23N/c1-12-7-13(2)11-17(10-12)19(6)18-15(4)8-14(3)9-16(18)5/h7-11H,1-6H3. The first-order valence-electron chi connectivity index (χ1n) is 6.78.